The Bertz CT molecular complexity index is 765. The number of aromatic nitrogens is 1. The Kier molecular flexibility index (Phi) is 6.32. The molecule has 140 valence electrons. The van der Waals surface area contributed by atoms with Crippen molar-refractivity contribution in [3.8, 4) is 17.0 Å². The zero-order valence-electron chi connectivity index (χ0n) is 15.8. The summed E-state index contributed by atoms with van der Waals surface area (Å²) in [5.41, 5.74) is 1.79. The number of nitrogens with zero attached hydrogens (tertiary/aromatic N) is 2. The Morgan fingerprint density at radius 2 is 1.77 bits per heavy atom. The molecule has 0 saturated carbocycles. The molecule has 0 aliphatic rings. The summed E-state index contributed by atoms with van der Waals surface area (Å²) in [7, 11) is 1.51. The fourth-order valence-corrected chi connectivity index (χ4v) is 3.07. The van der Waals surface area contributed by atoms with Crippen LogP contribution in [0.25, 0.3) is 11.1 Å². The number of carboxylic acid groups (broad SMARTS) is 1. The first-order chi connectivity index (χ1) is 12.3. The Hall–Kier alpha value is -2.47. The van der Waals surface area contributed by atoms with E-state index in [1.807, 2.05) is 0 Å². The fourth-order valence-electron chi connectivity index (χ4n) is 3.07. The minimum absolute atomic E-state index is 0.155. The predicted octanol–water partition coefficient (Wildman–Crippen LogP) is 4.21. The molecule has 0 fully saturated rings. The second kappa shape index (κ2) is 8.27. The van der Waals surface area contributed by atoms with Gasteiger partial charge < -0.3 is 9.84 Å². The highest BCUT2D eigenvalue weighted by Gasteiger charge is 2.23. The topological polar surface area (TPSA) is 62.7 Å². The molecule has 0 spiro atoms. The molecule has 0 radical (unpaired) electrons. The van der Waals surface area contributed by atoms with Crippen molar-refractivity contribution in [2.24, 2.45) is 0 Å². The molecule has 0 aliphatic heterocycles. The number of ether oxygens (including phenoxy) is 1. The molecule has 2 rings (SSSR count). The number of benzene rings is 1. The van der Waals surface area contributed by atoms with Crippen LogP contribution in [0.2, 0.25) is 0 Å². The highest BCUT2D eigenvalue weighted by molar-refractivity contribution is 5.88. The second-order valence-corrected chi connectivity index (χ2v) is 6.71. The van der Waals surface area contributed by atoms with E-state index in [1.54, 1.807) is 12.1 Å². The molecule has 26 heavy (non-hydrogen) atoms. The number of pyridine rings is 1. The van der Waals surface area contributed by atoms with Gasteiger partial charge in [-0.15, -0.1) is 0 Å². The predicted molar refractivity (Wildman–Crippen MR) is 99.0 cm³/mol. The van der Waals surface area contributed by atoms with E-state index in [1.165, 1.54) is 19.2 Å². The van der Waals surface area contributed by atoms with Crippen molar-refractivity contribution in [1.82, 2.24) is 9.88 Å². The van der Waals surface area contributed by atoms with E-state index in [2.05, 4.69) is 37.6 Å². The van der Waals surface area contributed by atoms with Gasteiger partial charge in [-0.2, -0.15) is 0 Å². The van der Waals surface area contributed by atoms with Crippen LogP contribution in [0.3, 0.4) is 0 Å². The number of hydrogen-bond acceptors (Lipinski definition) is 4. The highest BCUT2D eigenvalue weighted by Crippen LogP contribution is 2.33. The number of hydrogen-bond donors (Lipinski definition) is 1. The monoisotopic (exact) mass is 360 g/mol. The van der Waals surface area contributed by atoms with E-state index in [9.17, 15) is 9.18 Å². The molecule has 0 aliphatic carbocycles. The zero-order valence-corrected chi connectivity index (χ0v) is 15.8. The third-order valence-corrected chi connectivity index (χ3v) is 4.38. The molecule has 5 nitrogen and oxygen atoms in total. The maximum Gasteiger partial charge on any atom is 0.335 e. The summed E-state index contributed by atoms with van der Waals surface area (Å²) in [6.07, 6.45) is 1.14. The van der Waals surface area contributed by atoms with Gasteiger partial charge >= 0.3 is 5.97 Å². The Morgan fingerprint density at radius 1 is 1.19 bits per heavy atom. The Labute approximate surface area is 153 Å². The Morgan fingerprint density at radius 3 is 2.23 bits per heavy atom. The van der Waals surface area contributed by atoms with Crippen molar-refractivity contribution < 1.29 is 19.0 Å². The molecule has 0 atom stereocenters. The first-order valence-corrected chi connectivity index (χ1v) is 8.57. The Balaban J connectivity index is 2.59. The standard InChI is InChI=1S/C20H25FN2O3/c1-12(2)23(13(3)4)11-16-18(17(21)10-22-19(16)26-5)14-6-8-15(9-7-14)20(24)25/h6-10,12-13H,11H2,1-5H3,(H,24,25). The lowest BCUT2D eigenvalue weighted by Gasteiger charge is -2.31. The van der Waals surface area contributed by atoms with Crippen LogP contribution in [-0.2, 0) is 6.54 Å². The summed E-state index contributed by atoms with van der Waals surface area (Å²) < 4.78 is 20.1. The lowest BCUT2D eigenvalue weighted by molar-refractivity contribution is 0.0697. The molecule has 0 saturated heterocycles. The van der Waals surface area contributed by atoms with Crippen LogP contribution in [0, 0.1) is 5.82 Å². The van der Waals surface area contributed by atoms with E-state index >= 15 is 0 Å². The van der Waals surface area contributed by atoms with Crippen molar-refractivity contribution in [3.05, 3.63) is 47.4 Å². The molecule has 2 aromatic rings. The van der Waals surface area contributed by atoms with Gasteiger partial charge in [0.05, 0.1) is 18.9 Å². The number of carboxylic acids is 1. The van der Waals surface area contributed by atoms with Crippen molar-refractivity contribution in [3.63, 3.8) is 0 Å². The SMILES string of the molecule is COc1ncc(F)c(-c2ccc(C(=O)O)cc2)c1CN(C(C)C)C(C)C. The largest absolute Gasteiger partial charge is 0.481 e. The first kappa shape index (κ1) is 19.8. The number of halogens is 1. The van der Waals surface area contributed by atoms with E-state index in [0.717, 1.165) is 6.20 Å². The number of rotatable bonds is 7. The zero-order chi connectivity index (χ0) is 19.4. The van der Waals surface area contributed by atoms with Crippen LogP contribution >= 0.6 is 0 Å². The van der Waals surface area contributed by atoms with Gasteiger partial charge in [-0.05, 0) is 45.4 Å². The average Bonchev–Trinajstić information content (AvgIpc) is 2.59. The summed E-state index contributed by atoms with van der Waals surface area (Å²) in [4.78, 5) is 17.4. The molecule has 1 N–H and O–H groups in total. The molecular weight excluding hydrogens is 335 g/mol. The van der Waals surface area contributed by atoms with Gasteiger partial charge in [0.15, 0.2) is 0 Å². The maximum atomic E-state index is 14.7. The maximum absolute atomic E-state index is 14.7. The highest BCUT2D eigenvalue weighted by atomic mass is 19.1. The molecular formula is C20H25FN2O3. The number of methoxy groups -OCH3 is 1. The van der Waals surface area contributed by atoms with E-state index in [0.29, 0.717) is 29.1 Å². The quantitative estimate of drug-likeness (QED) is 0.801. The van der Waals surface area contributed by atoms with E-state index in [-0.39, 0.29) is 17.6 Å². The molecule has 0 bridgehead atoms. The molecule has 6 heteroatoms. The lowest BCUT2D eigenvalue weighted by Crippen LogP contribution is -2.36. The van der Waals surface area contributed by atoms with Crippen LogP contribution in [0.4, 0.5) is 4.39 Å². The van der Waals surface area contributed by atoms with Gasteiger partial charge in [-0.3, -0.25) is 4.90 Å². The van der Waals surface area contributed by atoms with Crippen LogP contribution in [-0.4, -0.2) is 40.2 Å². The van der Waals surface area contributed by atoms with Gasteiger partial charge in [0, 0.05) is 29.8 Å². The molecule has 0 amide bonds. The van der Waals surface area contributed by atoms with Crippen LogP contribution in [0.15, 0.2) is 30.5 Å². The fraction of sp³-hybridized carbons (Fsp3) is 0.400. The molecule has 1 heterocycles. The van der Waals surface area contributed by atoms with Crippen molar-refractivity contribution >= 4 is 5.97 Å². The molecule has 0 unspecified atom stereocenters. The summed E-state index contributed by atoms with van der Waals surface area (Å²) in [6.45, 7) is 8.81. The van der Waals surface area contributed by atoms with Gasteiger partial charge in [0.1, 0.15) is 5.82 Å². The first-order valence-electron chi connectivity index (χ1n) is 8.57. The van der Waals surface area contributed by atoms with Crippen LogP contribution in [0.5, 0.6) is 5.88 Å². The summed E-state index contributed by atoms with van der Waals surface area (Å²) >= 11 is 0. The van der Waals surface area contributed by atoms with Gasteiger partial charge in [-0.1, -0.05) is 12.1 Å². The number of aromatic carboxylic acids is 1. The normalized spacial score (nSPS) is 11.4. The van der Waals surface area contributed by atoms with Crippen molar-refractivity contribution in [2.45, 2.75) is 46.3 Å². The molecule has 1 aromatic carbocycles. The van der Waals surface area contributed by atoms with Crippen molar-refractivity contribution in [2.75, 3.05) is 7.11 Å². The summed E-state index contributed by atoms with van der Waals surface area (Å²) in [5.74, 6) is -1.11. The van der Waals surface area contributed by atoms with Crippen molar-refractivity contribution in [1.29, 1.82) is 0 Å². The summed E-state index contributed by atoms with van der Waals surface area (Å²) in [5, 5.41) is 9.07. The minimum atomic E-state index is -1.02. The van der Waals surface area contributed by atoms with Crippen LogP contribution in [0.1, 0.15) is 43.6 Å². The second-order valence-electron chi connectivity index (χ2n) is 6.71. The lowest BCUT2D eigenvalue weighted by atomic mass is 9.98. The van der Waals surface area contributed by atoms with Gasteiger partial charge in [0.25, 0.3) is 0 Å². The minimum Gasteiger partial charge on any atom is -0.481 e. The average molecular weight is 360 g/mol. The van der Waals surface area contributed by atoms with Gasteiger partial charge in [-0.25, -0.2) is 14.2 Å². The van der Waals surface area contributed by atoms with E-state index in [4.69, 9.17) is 9.84 Å². The van der Waals surface area contributed by atoms with Gasteiger partial charge in [0.2, 0.25) is 5.88 Å². The third-order valence-electron chi connectivity index (χ3n) is 4.38. The third kappa shape index (κ3) is 4.19. The van der Waals surface area contributed by atoms with Crippen LogP contribution < -0.4 is 4.74 Å². The smallest absolute Gasteiger partial charge is 0.335 e. The number of carbonyl (C=O) groups is 1. The molecule has 1 aromatic heterocycles. The summed E-state index contributed by atoms with van der Waals surface area (Å²) in [6, 6.07) is 6.67. The van der Waals surface area contributed by atoms with E-state index < -0.39 is 11.8 Å².